The molecule has 1 N–H and O–H groups in total. The van der Waals surface area contributed by atoms with Gasteiger partial charge in [-0.2, -0.15) is 0 Å². The third kappa shape index (κ3) is 5.24. The fraction of sp³-hybridized carbons (Fsp3) is 0.211. The zero-order valence-corrected chi connectivity index (χ0v) is 16.7. The van der Waals surface area contributed by atoms with Gasteiger partial charge in [-0.25, -0.2) is 4.39 Å². The fourth-order valence-corrected chi connectivity index (χ4v) is 3.22. The highest BCUT2D eigenvalue weighted by atomic mass is 35.5. The number of hydrogen-bond donors (Lipinski definition) is 1. The van der Waals surface area contributed by atoms with Crippen molar-refractivity contribution in [1.82, 2.24) is 10.2 Å². The van der Waals surface area contributed by atoms with Crippen LogP contribution in [0.3, 0.4) is 0 Å². The summed E-state index contributed by atoms with van der Waals surface area (Å²) in [6.07, 6.45) is 0.476. The van der Waals surface area contributed by atoms with Gasteiger partial charge in [-0.1, -0.05) is 35.5 Å². The average molecular weight is 422 g/mol. The molecule has 6 nitrogen and oxygen atoms in total. The summed E-state index contributed by atoms with van der Waals surface area (Å²) in [6.45, 7) is 1.70. The van der Waals surface area contributed by atoms with E-state index >= 15 is 0 Å². The third-order valence-corrected chi connectivity index (χ3v) is 5.05. The van der Waals surface area contributed by atoms with Crippen molar-refractivity contribution in [2.24, 2.45) is 0 Å². The molecule has 0 saturated heterocycles. The number of thioether (sulfide) groups is 1. The van der Waals surface area contributed by atoms with E-state index in [-0.39, 0.29) is 16.2 Å². The number of carbonyl (C=O) groups excluding carboxylic acids is 1. The molecule has 9 heteroatoms. The number of benzene rings is 2. The van der Waals surface area contributed by atoms with Crippen molar-refractivity contribution in [2.75, 3.05) is 12.4 Å². The normalized spacial score (nSPS) is 11.9. The highest BCUT2D eigenvalue weighted by Gasteiger charge is 2.19. The largest absolute Gasteiger partial charge is 0.497 e. The third-order valence-electron chi connectivity index (χ3n) is 3.80. The number of nitrogens with one attached hydrogen (secondary N) is 1. The molecule has 0 aliphatic rings. The SMILES string of the molecule is COc1ccc(Cc2nnc(S[C@@H](C)C(=O)Nc3ccc(F)cc3Cl)o2)cc1. The Morgan fingerprint density at radius 1 is 1.29 bits per heavy atom. The molecule has 1 amide bonds. The van der Waals surface area contributed by atoms with Crippen LogP contribution in [-0.4, -0.2) is 28.5 Å². The van der Waals surface area contributed by atoms with Gasteiger partial charge >= 0.3 is 0 Å². The van der Waals surface area contributed by atoms with Crippen LogP contribution in [0.25, 0.3) is 0 Å². The maximum absolute atomic E-state index is 13.1. The van der Waals surface area contributed by atoms with E-state index in [1.165, 1.54) is 12.1 Å². The second-order valence-electron chi connectivity index (χ2n) is 5.86. The molecule has 28 heavy (non-hydrogen) atoms. The number of methoxy groups -OCH3 is 1. The fourth-order valence-electron chi connectivity index (χ4n) is 2.31. The Hall–Kier alpha value is -2.58. The van der Waals surface area contributed by atoms with Crippen molar-refractivity contribution in [3.63, 3.8) is 0 Å². The van der Waals surface area contributed by atoms with E-state index in [0.717, 1.165) is 29.1 Å². The molecule has 0 spiro atoms. The smallest absolute Gasteiger partial charge is 0.277 e. The highest BCUT2D eigenvalue weighted by molar-refractivity contribution is 8.00. The molecule has 0 saturated carbocycles. The Bertz CT molecular complexity index is 965. The molecular weight excluding hydrogens is 405 g/mol. The number of carbonyl (C=O) groups is 1. The second kappa shape index (κ2) is 9.07. The molecule has 0 aliphatic carbocycles. The summed E-state index contributed by atoms with van der Waals surface area (Å²) in [7, 11) is 1.61. The van der Waals surface area contributed by atoms with Gasteiger partial charge in [-0.3, -0.25) is 4.79 Å². The van der Waals surface area contributed by atoms with E-state index in [0.29, 0.717) is 18.0 Å². The molecule has 1 heterocycles. The summed E-state index contributed by atoms with van der Waals surface area (Å²) in [5, 5.41) is 10.5. The minimum atomic E-state index is -0.518. The maximum Gasteiger partial charge on any atom is 0.277 e. The van der Waals surface area contributed by atoms with Crippen molar-refractivity contribution in [3.05, 3.63) is 64.8 Å². The lowest BCUT2D eigenvalue weighted by molar-refractivity contribution is -0.115. The van der Waals surface area contributed by atoms with Crippen LogP contribution < -0.4 is 10.1 Å². The molecule has 0 unspecified atom stereocenters. The van der Waals surface area contributed by atoms with E-state index in [4.69, 9.17) is 20.8 Å². The summed E-state index contributed by atoms with van der Waals surface area (Å²) >= 11 is 7.06. The van der Waals surface area contributed by atoms with Gasteiger partial charge in [0.05, 0.1) is 29.5 Å². The predicted molar refractivity (Wildman–Crippen MR) is 105 cm³/mol. The van der Waals surface area contributed by atoms with Crippen molar-refractivity contribution in [3.8, 4) is 5.75 Å². The molecule has 0 radical (unpaired) electrons. The molecule has 3 aromatic rings. The lowest BCUT2D eigenvalue weighted by Crippen LogP contribution is -2.22. The molecule has 1 atom stereocenters. The van der Waals surface area contributed by atoms with Crippen LogP contribution in [0.4, 0.5) is 10.1 Å². The predicted octanol–water partition coefficient (Wildman–Crippen LogP) is 4.58. The lowest BCUT2D eigenvalue weighted by Gasteiger charge is -2.11. The topological polar surface area (TPSA) is 77.2 Å². The van der Waals surface area contributed by atoms with Crippen LogP contribution in [0.5, 0.6) is 5.75 Å². The van der Waals surface area contributed by atoms with Crippen molar-refractivity contribution < 1.29 is 18.3 Å². The minimum Gasteiger partial charge on any atom is -0.497 e. The number of ether oxygens (including phenoxy) is 1. The molecule has 3 rings (SSSR count). The van der Waals surface area contributed by atoms with Gasteiger partial charge in [0.2, 0.25) is 11.8 Å². The Morgan fingerprint density at radius 2 is 2.04 bits per heavy atom. The van der Waals surface area contributed by atoms with Gasteiger partial charge < -0.3 is 14.5 Å². The Balaban J connectivity index is 1.58. The highest BCUT2D eigenvalue weighted by Crippen LogP contribution is 2.26. The molecule has 1 aromatic heterocycles. The molecule has 146 valence electrons. The summed E-state index contributed by atoms with van der Waals surface area (Å²) in [5.74, 6) is 0.433. The number of amides is 1. The van der Waals surface area contributed by atoms with E-state index in [2.05, 4.69) is 15.5 Å². The monoisotopic (exact) mass is 421 g/mol. The first-order valence-corrected chi connectivity index (χ1v) is 9.58. The van der Waals surface area contributed by atoms with Crippen LogP contribution >= 0.6 is 23.4 Å². The van der Waals surface area contributed by atoms with Crippen LogP contribution in [-0.2, 0) is 11.2 Å². The van der Waals surface area contributed by atoms with Gasteiger partial charge in [0, 0.05) is 0 Å². The van der Waals surface area contributed by atoms with E-state index in [9.17, 15) is 9.18 Å². The average Bonchev–Trinajstić information content (AvgIpc) is 3.11. The standard InChI is InChI=1S/C19H17ClFN3O3S/c1-11(18(25)22-16-8-5-13(21)10-15(16)20)28-19-24-23-17(27-19)9-12-3-6-14(26-2)7-4-12/h3-8,10-11H,9H2,1-2H3,(H,22,25)/t11-/m0/s1. The molecular formula is C19H17ClFN3O3S. The number of nitrogens with zero attached hydrogens (tertiary/aromatic N) is 2. The van der Waals surface area contributed by atoms with Gasteiger partial charge in [0.15, 0.2) is 0 Å². The summed E-state index contributed by atoms with van der Waals surface area (Å²) in [6, 6.07) is 11.3. The minimum absolute atomic E-state index is 0.130. The Labute approximate surface area is 170 Å². The van der Waals surface area contributed by atoms with Crippen LogP contribution in [0.1, 0.15) is 18.4 Å². The number of halogens is 2. The summed E-state index contributed by atoms with van der Waals surface area (Å²) in [5.41, 5.74) is 1.34. The van der Waals surface area contributed by atoms with Crippen molar-refractivity contribution in [1.29, 1.82) is 0 Å². The van der Waals surface area contributed by atoms with E-state index < -0.39 is 11.1 Å². The number of hydrogen-bond acceptors (Lipinski definition) is 6. The zero-order valence-electron chi connectivity index (χ0n) is 15.1. The van der Waals surface area contributed by atoms with Crippen molar-refractivity contribution >= 4 is 35.0 Å². The first-order chi connectivity index (χ1) is 13.4. The van der Waals surface area contributed by atoms with Gasteiger partial charge in [0.25, 0.3) is 5.22 Å². The molecule has 2 aromatic carbocycles. The quantitative estimate of drug-likeness (QED) is 0.562. The number of aromatic nitrogens is 2. The van der Waals surface area contributed by atoms with E-state index in [1.54, 1.807) is 14.0 Å². The zero-order chi connectivity index (χ0) is 20.1. The first kappa shape index (κ1) is 20.2. The Morgan fingerprint density at radius 3 is 2.71 bits per heavy atom. The van der Waals surface area contributed by atoms with Crippen LogP contribution in [0, 0.1) is 5.82 Å². The lowest BCUT2D eigenvalue weighted by atomic mass is 10.1. The first-order valence-electron chi connectivity index (χ1n) is 8.32. The van der Waals surface area contributed by atoms with Gasteiger partial charge in [-0.15, -0.1) is 10.2 Å². The maximum atomic E-state index is 13.1. The van der Waals surface area contributed by atoms with Gasteiger partial charge in [0.1, 0.15) is 11.6 Å². The van der Waals surface area contributed by atoms with Crippen LogP contribution in [0.2, 0.25) is 5.02 Å². The Kier molecular flexibility index (Phi) is 6.53. The van der Waals surface area contributed by atoms with Gasteiger partial charge in [-0.05, 0) is 42.8 Å². The summed E-state index contributed by atoms with van der Waals surface area (Å²) < 4.78 is 23.8. The number of rotatable bonds is 7. The molecule has 0 aliphatic heterocycles. The second-order valence-corrected chi connectivity index (χ2v) is 7.56. The molecule has 0 fully saturated rings. The van der Waals surface area contributed by atoms with E-state index in [1.807, 2.05) is 24.3 Å². The molecule has 0 bridgehead atoms. The van der Waals surface area contributed by atoms with Crippen LogP contribution in [0.15, 0.2) is 52.1 Å². The summed E-state index contributed by atoms with van der Waals surface area (Å²) in [4.78, 5) is 12.3. The van der Waals surface area contributed by atoms with Crippen molar-refractivity contribution in [2.45, 2.75) is 23.8 Å². The number of anilines is 1.